The highest BCUT2D eigenvalue weighted by molar-refractivity contribution is 5.56. The van der Waals surface area contributed by atoms with Crippen LogP contribution in [0.1, 0.15) is 23.9 Å². The van der Waals surface area contributed by atoms with E-state index in [0.29, 0.717) is 0 Å². The molecule has 1 atom stereocenters. The van der Waals surface area contributed by atoms with Crippen LogP contribution in [0.15, 0.2) is 42.7 Å². The third kappa shape index (κ3) is 2.07. The Labute approximate surface area is 106 Å². The number of aromatic nitrogens is 2. The lowest BCUT2D eigenvalue weighted by Gasteiger charge is -2.33. The summed E-state index contributed by atoms with van der Waals surface area (Å²) in [4.78, 5) is 10.9. The number of para-hydroxylation sites is 1. The number of hydrogen-bond donors (Lipinski definition) is 1. The number of nitrogens with two attached hydrogens (primary N) is 1. The fourth-order valence-electron chi connectivity index (χ4n) is 2.41. The molecule has 3 rings (SSSR count). The van der Waals surface area contributed by atoms with Gasteiger partial charge in [-0.3, -0.25) is 0 Å². The maximum Gasteiger partial charge on any atom is 0.147 e. The van der Waals surface area contributed by atoms with Gasteiger partial charge in [0.15, 0.2) is 0 Å². The molecule has 0 aliphatic carbocycles. The zero-order valence-corrected chi connectivity index (χ0v) is 10.2. The van der Waals surface area contributed by atoms with Gasteiger partial charge >= 0.3 is 0 Å². The van der Waals surface area contributed by atoms with Crippen LogP contribution in [0.2, 0.25) is 0 Å². The van der Waals surface area contributed by atoms with E-state index in [9.17, 15) is 0 Å². The molecule has 2 heterocycles. The summed E-state index contributed by atoms with van der Waals surface area (Å²) in [6.07, 6.45) is 4.54. The molecular weight excluding hydrogens is 224 g/mol. The molecule has 0 fully saturated rings. The van der Waals surface area contributed by atoms with Gasteiger partial charge in [0, 0.05) is 30.7 Å². The van der Waals surface area contributed by atoms with E-state index in [2.05, 4.69) is 33.1 Å². The van der Waals surface area contributed by atoms with Gasteiger partial charge in [-0.25, -0.2) is 9.97 Å². The van der Waals surface area contributed by atoms with E-state index < -0.39 is 0 Å². The standard InChI is InChI=1S/C14H16N4/c15-12-6-9-18(10-14-16-7-3-8-17-14)13-5-2-1-4-11(12)13/h1-5,7-8,12H,6,9-10,15H2. The van der Waals surface area contributed by atoms with Crippen molar-refractivity contribution in [2.45, 2.75) is 19.0 Å². The molecule has 1 aliphatic heterocycles. The number of fused-ring (bicyclic) bond motifs is 1. The zero-order chi connectivity index (χ0) is 12.4. The van der Waals surface area contributed by atoms with Crippen LogP contribution in [0, 0.1) is 0 Å². The summed E-state index contributed by atoms with van der Waals surface area (Å²) in [5, 5.41) is 0. The van der Waals surface area contributed by atoms with E-state index in [-0.39, 0.29) is 6.04 Å². The number of rotatable bonds is 2. The molecule has 1 aliphatic rings. The topological polar surface area (TPSA) is 55.0 Å². The minimum absolute atomic E-state index is 0.147. The summed E-state index contributed by atoms with van der Waals surface area (Å²) in [6, 6.07) is 10.3. The van der Waals surface area contributed by atoms with Gasteiger partial charge in [0.25, 0.3) is 0 Å². The van der Waals surface area contributed by atoms with Crippen molar-refractivity contribution in [1.82, 2.24) is 9.97 Å². The van der Waals surface area contributed by atoms with Crippen molar-refractivity contribution < 1.29 is 0 Å². The average Bonchev–Trinajstić information content (AvgIpc) is 2.44. The van der Waals surface area contributed by atoms with Gasteiger partial charge in [-0.05, 0) is 24.1 Å². The molecule has 1 aromatic heterocycles. The molecule has 4 heteroatoms. The Morgan fingerprint density at radius 1 is 1.17 bits per heavy atom. The lowest BCUT2D eigenvalue weighted by atomic mass is 9.97. The number of hydrogen-bond acceptors (Lipinski definition) is 4. The summed E-state index contributed by atoms with van der Waals surface area (Å²) in [5.41, 5.74) is 8.58. The lowest BCUT2D eigenvalue weighted by molar-refractivity contribution is 0.584. The molecule has 2 aromatic rings. The third-order valence-electron chi connectivity index (χ3n) is 3.34. The van der Waals surface area contributed by atoms with Crippen molar-refractivity contribution in [2.75, 3.05) is 11.4 Å². The Morgan fingerprint density at radius 3 is 2.78 bits per heavy atom. The molecule has 0 amide bonds. The van der Waals surface area contributed by atoms with E-state index in [1.807, 2.05) is 12.1 Å². The Hall–Kier alpha value is -1.94. The fourth-order valence-corrected chi connectivity index (χ4v) is 2.41. The van der Waals surface area contributed by atoms with E-state index in [1.165, 1.54) is 11.3 Å². The molecule has 1 unspecified atom stereocenters. The molecule has 4 nitrogen and oxygen atoms in total. The quantitative estimate of drug-likeness (QED) is 0.871. The predicted octanol–water partition coefficient (Wildman–Crippen LogP) is 1.89. The average molecular weight is 240 g/mol. The Bertz CT molecular complexity index is 526. The normalized spacial score (nSPS) is 18.5. The minimum Gasteiger partial charge on any atom is -0.364 e. The molecule has 0 saturated heterocycles. The van der Waals surface area contributed by atoms with Gasteiger partial charge in [0.05, 0.1) is 6.54 Å². The van der Waals surface area contributed by atoms with Crippen LogP contribution >= 0.6 is 0 Å². The van der Waals surface area contributed by atoms with Crippen LogP contribution in [0.4, 0.5) is 5.69 Å². The monoisotopic (exact) mass is 240 g/mol. The smallest absolute Gasteiger partial charge is 0.147 e. The Morgan fingerprint density at radius 2 is 1.94 bits per heavy atom. The predicted molar refractivity (Wildman–Crippen MR) is 71.1 cm³/mol. The van der Waals surface area contributed by atoms with Crippen LogP contribution in [-0.4, -0.2) is 16.5 Å². The first-order valence-corrected chi connectivity index (χ1v) is 6.20. The second-order valence-electron chi connectivity index (χ2n) is 4.54. The second kappa shape index (κ2) is 4.74. The number of benzene rings is 1. The van der Waals surface area contributed by atoms with Gasteiger partial charge in [-0.15, -0.1) is 0 Å². The highest BCUT2D eigenvalue weighted by atomic mass is 15.2. The van der Waals surface area contributed by atoms with Crippen molar-refractivity contribution in [1.29, 1.82) is 0 Å². The van der Waals surface area contributed by atoms with Crippen LogP contribution in [-0.2, 0) is 6.54 Å². The van der Waals surface area contributed by atoms with E-state index in [0.717, 1.165) is 25.3 Å². The number of anilines is 1. The van der Waals surface area contributed by atoms with Gasteiger partial charge in [-0.2, -0.15) is 0 Å². The van der Waals surface area contributed by atoms with Crippen molar-refractivity contribution in [3.8, 4) is 0 Å². The van der Waals surface area contributed by atoms with Crippen molar-refractivity contribution in [3.63, 3.8) is 0 Å². The molecule has 2 N–H and O–H groups in total. The first kappa shape index (κ1) is 11.2. The molecule has 0 saturated carbocycles. The van der Waals surface area contributed by atoms with Crippen molar-refractivity contribution in [3.05, 3.63) is 54.1 Å². The maximum absolute atomic E-state index is 6.14. The van der Waals surface area contributed by atoms with Crippen LogP contribution < -0.4 is 10.6 Å². The Balaban J connectivity index is 1.89. The van der Waals surface area contributed by atoms with Crippen molar-refractivity contribution >= 4 is 5.69 Å². The molecule has 18 heavy (non-hydrogen) atoms. The minimum atomic E-state index is 0.147. The van der Waals surface area contributed by atoms with E-state index in [4.69, 9.17) is 5.73 Å². The highest BCUT2D eigenvalue weighted by Crippen LogP contribution is 2.32. The van der Waals surface area contributed by atoms with Gasteiger partial charge in [0.1, 0.15) is 5.82 Å². The molecule has 0 spiro atoms. The van der Waals surface area contributed by atoms with E-state index >= 15 is 0 Å². The maximum atomic E-state index is 6.14. The summed E-state index contributed by atoms with van der Waals surface area (Å²) < 4.78 is 0. The molecular formula is C14H16N4. The molecule has 1 aromatic carbocycles. The van der Waals surface area contributed by atoms with Crippen LogP contribution in [0.5, 0.6) is 0 Å². The SMILES string of the molecule is NC1CCN(Cc2ncccn2)c2ccccc21. The highest BCUT2D eigenvalue weighted by Gasteiger charge is 2.22. The second-order valence-corrected chi connectivity index (χ2v) is 4.54. The number of nitrogens with zero attached hydrogens (tertiary/aromatic N) is 3. The Kier molecular flexibility index (Phi) is 2.94. The lowest BCUT2D eigenvalue weighted by Crippen LogP contribution is -2.33. The summed E-state index contributed by atoms with van der Waals surface area (Å²) in [7, 11) is 0. The molecule has 92 valence electrons. The third-order valence-corrected chi connectivity index (χ3v) is 3.34. The molecule has 0 bridgehead atoms. The molecule has 0 radical (unpaired) electrons. The van der Waals surface area contributed by atoms with Gasteiger partial charge < -0.3 is 10.6 Å². The zero-order valence-electron chi connectivity index (χ0n) is 10.2. The van der Waals surface area contributed by atoms with Crippen molar-refractivity contribution in [2.24, 2.45) is 5.73 Å². The fraction of sp³-hybridized carbons (Fsp3) is 0.286. The van der Waals surface area contributed by atoms with Gasteiger partial charge in [-0.1, -0.05) is 18.2 Å². The summed E-state index contributed by atoms with van der Waals surface area (Å²) >= 11 is 0. The van der Waals surface area contributed by atoms with Crippen LogP contribution in [0.25, 0.3) is 0 Å². The summed E-state index contributed by atoms with van der Waals surface area (Å²) in [5.74, 6) is 0.850. The van der Waals surface area contributed by atoms with Crippen LogP contribution in [0.3, 0.4) is 0 Å². The first-order chi connectivity index (χ1) is 8.84. The van der Waals surface area contributed by atoms with Gasteiger partial charge in [0.2, 0.25) is 0 Å². The largest absolute Gasteiger partial charge is 0.364 e. The van der Waals surface area contributed by atoms with E-state index in [1.54, 1.807) is 12.4 Å². The summed E-state index contributed by atoms with van der Waals surface area (Å²) in [6.45, 7) is 1.70. The first-order valence-electron chi connectivity index (χ1n) is 6.20.